The molecule has 2 fully saturated rings. The van der Waals surface area contributed by atoms with Crippen LogP contribution in [0.25, 0.3) is 0 Å². The van der Waals surface area contributed by atoms with Gasteiger partial charge in [0.25, 0.3) is 0 Å². The summed E-state index contributed by atoms with van der Waals surface area (Å²) in [4.78, 5) is 4.47. The molecule has 0 aliphatic carbocycles. The van der Waals surface area contributed by atoms with Gasteiger partial charge in [0.1, 0.15) is 0 Å². The molecule has 17 heavy (non-hydrogen) atoms. The number of aromatic nitrogens is 1. The van der Waals surface area contributed by atoms with Crippen LogP contribution in [0.4, 0.5) is 0 Å². The second kappa shape index (κ2) is 4.99. The molecule has 0 saturated carbocycles. The van der Waals surface area contributed by atoms with E-state index in [1.165, 1.54) is 0 Å². The average molecular weight is 302 g/mol. The minimum absolute atomic E-state index is 0.382. The normalized spacial score (nSPS) is 22.4. The van der Waals surface area contributed by atoms with Crippen molar-refractivity contribution in [3.8, 4) is 0 Å². The van der Waals surface area contributed by atoms with Crippen LogP contribution in [-0.2, 0) is 18.9 Å². The Bertz CT molecular complexity index is 368. The minimum Gasteiger partial charge on any atom is -0.345 e. The lowest BCUT2D eigenvalue weighted by atomic mass is 10.3. The van der Waals surface area contributed by atoms with Crippen molar-refractivity contribution in [2.75, 3.05) is 26.4 Å². The first kappa shape index (κ1) is 11.6. The van der Waals surface area contributed by atoms with Crippen LogP contribution in [0.15, 0.2) is 16.6 Å². The van der Waals surface area contributed by atoms with Crippen LogP contribution in [0.3, 0.4) is 0 Å². The number of nitrogens with zero attached hydrogens (tertiary/aromatic N) is 1. The van der Waals surface area contributed by atoms with Gasteiger partial charge in [-0.15, -0.1) is 0 Å². The van der Waals surface area contributed by atoms with Crippen molar-refractivity contribution < 1.29 is 18.9 Å². The van der Waals surface area contributed by atoms with Crippen molar-refractivity contribution in [3.63, 3.8) is 0 Å². The van der Waals surface area contributed by atoms with Crippen molar-refractivity contribution in [1.29, 1.82) is 0 Å². The molecule has 0 radical (unpaired) electrons. The molecule has 0 N–H and O–H groups in total. The lowest BCUT2D eigenvalue weighted by Crippen LogP contribution is -2.07. The highest BCUT2D eigenvalue weighted by Gasteiger charge is 2.25. The average Bonchev–Trinajstić information content (AvgIpc) is 3.02. The van der Waals surface area contributed by atoms with E-state index in [0.717, 1.165) is 15.9 Å². The first-order valence-corrected chi connectivity index (χ1v) is 6.26. The van der Waals surface area contributed by atoms with Crippen LogP contribution < -0.4 is 0 Å². The molecule has 92 valence electrons. The molecular formula is C11H12BrNO4. The third kappa shape index (κ3) is 2.51. The van der Waals surface area contributed by atoms with E-state index < -0.39 is 0 Å². The molecule has 0 bridgehead atoms. The zero-order valence-electron chi connectivity index (χ0n) is 9.10. The molecule has 6 heteroatoms. The number of hydrogen-bond acceptors (Lipinski definition) is 5. The van der Waals surface area contributed by atoms with E-state index in [-0.39, 0.29) is 12.6 Å². The highest BCUT2D eigenvalue weighted by molar-refractivity contribution is 9.10. The topological polar surface area (TPSA) is 49.8 Å². The van der Waals surface area contributed by atoms with Crippen molar-refractivity contribution in [1.82, 2.24) is 4.98 Å². The number of ether oxygens (including phenoxy) is 4. The summed E-state index contributed by atoms with van der Waals surface area (Å²) in [5, 5.41) is 0. The second-order valence-corrected chi connectivity index (χ2v) is 4.70. The Balaban J connectivity index is 1.88. The largest absolute Gasteiger partial charge is 0.345 e. The van der Waals surface area contributed by atoms with E-state index >= 15 is 0 Å². The first-order valence-electron chi connectivity index (χ1n) is 5.47. The van der Waals surface area contributed by atoms with E-state index in [1.807, 2.05) is 12.1 Å². The van der Waals surface area contributed by atoms with Gasteiger partial charge in [-0.1, -0.05) is 15.9 Å². The molecule has 0 amide bonds. The first-order chi connectivity index (χ1) is 8.33. The number of rotatable bonds is 2. The maximum Gasteiger partial charge on any atom is 0.201 e. The molecule has 2 aliphatic heterocycles. The summed E-state index contributed by atoms with van der Waals surface area (Å²) in [6, 6.07) is 3.77. The second-order valence-electron chi connectivity index (χ2n) is 3.78. The lowest BCUT2D eigenvalue weighted by molar-refractivity contribution is -0.0555. The van der Waals surface area contributed by atoms with E-state index in [9.17, 15) is 0 Å². The number of hydrogen-bond donors (Lipinski definition) is 0. The lowest BCUT2D eigenvalue weighted by Gasteiger charge is -2.13. The maximum absolute atomic E-state index is 5.42. The van der Waals surface area contributed by atoms with Gasteiger partial charge in [0.15, 0.2) is 0 Å². The fraction of sp³-hybridized carbons (Fsp3) is 0.545. The third-order valence-corrected chi connectivity index (χ3v) is 3.01. The summed E-state index contributed by atoms with van der Waals surface area (Å²) in [5.74, 6) is 0. The quantitative estimate of drug-likeness (QED) is 0.835. The highest BCUT2D eigenvalue weighted by atomic mass is 79.9. The summed E-state index contributed by atoms with van der Waals surface area (Å²) in [7, 11) is 0. The minimum atomic E-state index is -0.382. The summed E-state index contributed by atoms with van der Waals surface area (Å²) in [6.45, 7) is 2.41. The third-order valence-electron chi connectivity index (χ3n) is 2.56. The van der Waals surface area contributed by atoms with E-state index in [4.69, 9.17) is 18.9 Å². The molecule has 3 rings (SSSR count). The smallest absolute Gasteiger partial charge is 0.201 e. The van der Waals surface area contributed by atoms with Gasteiger partial charge in [0.2, 0.25) is 12.6 Å². The van der Waals surface area contributed by atoms with Crippen molar-refractivity contribution in [3.05, 3.63) is 28.0 Å². The van der Waals surface area contributed by atoms with Crippen LogP contribution in [0.1, 0.15) is 24.0 Å². The molecule has 0 atom stereocenters. The zero-order chi connectivity index (χ0) is 11.7. The zero-order valence-corrected chi connectivity index (χ0v) is 10.7. The van der Waals surface area contributed by atoms with Crippen LogP contribution in [0.5, 0.6) is 0 Å². The Kier molecular flexibility index (Phi) is 3.39. The molecule has 1 aromatic heterocycles. The van der Waals surface area contributed by atoms with Crippen molar-refractivity contribution in [2.45, 2.75) is 12.6 Å². The Morgan fingerprint density at radius 2 is 1.29 bits per heavy atom. The molecule has 0 unspecified atom stereocenters. The summed E-state index contributed by atoms with van der Waals surface area (Å²) in [6.07, 6.45) is -0.764. The van der Waals surface area contributed by atoms with Gasteiger partial charge in [-0.05, 0) is 12.1 Å². The van der Waals surface area contributed by atoms with Gasteiger partial charge in [0, 0.05) is 4.47 Å². The molecule has 3 heterocycles. The van der Waals surface area contributed by atoms with Gasteiger partial charge in [-0.25, -0.2) is 4.98 Å². The van der Waals surface area contributed by atoms with Crippen LogP contribution >= 0.6 is 15.9 Å². The predicted octanol–water partition coefficient (Wildman–Crippen LogP) is 1.93. The Morgan fingerprint density at radius 1 is 0.882 bits per heavy atom. The summed E-state index contributed by atoms with van der Waals surface area (Å²) >= 11 is 3.44. The Labute approximate surface area is 107 Å². The van der Waals surface area contributed by atoms with Gasteiger partial charge in [-0.2, -0.15) is 0 Å². The van der Waals surface area contributed by atoms with E-state index in [1.54, 1.807) is 0 Å². The maximum atomic E-state index is 5.42. The number of pyridine rings is 1. The summed E-state index contributed by atoms with van der Waals surface area (Å²) in [5.41, 5.74) is 1.48. The van der Waals surface area contributed by atoms with Crippen LogP contribution in [-0.4, -0.2) is 31.4 Å². The molecule has 1 aromatic rings. The van der Waals surface area contributed by atoms with Gasteiger partial charge < -0.3 is 18.9 Å². The molecule has 2 saturated heterocycles. The van der Waals surface area contributed by atoms with Crippen LogP contribution in [0, 0.1) is 0 Å². The highest BCUT2D eigenvalue weighted by Crippen LogP contribution is 2.29. The fourth-order valence-corrected chi connectivity index (χ4v) is 2.31. The number of halogens is 1. The van der Waals surface area contributed by atoms with Gasteiger partial charge in [0.05, 0.1) is 37.8 Å². The molecule has 0 spiro atoms. The Hall–Kier alpha value is -0.530. The molecular weight excluding hydrogens is 290 g/mol. The fourth-order valence-electron chi connectivity index (χ4n) is 1.84. The SMILES string of the molecule is Brc1cc(C2OCCO2)nc(C2OCCO2)c1. The Morgan fingerprint density at radius 3 is 1.71 bits per heavy atom. The van der Waals surface area contributed by atoms with Gasteiger partial charge in [-0.3, -0.25) is 0 Å². The predicted molar refractivity (Wildman–Crippen MR) is 61.2 cm³/mol. The summed E-state index contributed by atoms with van der Waals surface area (Å²) < 4.78 is 22.6. The van der Waals surface area contributed by atoms with Crippen molar-refractivity contribution in [2.24, 2.45) is 0 Å². The van der Waals surface area contributed by atoms with Gasteiger partial charge >= 0.3 is 0 Å². The van der Waals surface area contributed by atoms with E-state index in [2.05, 4.69) is 20.9 Å². The van der Waals surface area contributed by atoms with Crippen molar-refractivity contribution >= 4 is 15.9 Å². The van der Waals surface area contributed by atoms with Crippen LogP contribution in [0.2, 0.25) is 0 Å². The molecule has 2 aliphatic rings. The molecule has 5 nitrogen and oxygen atoms in total. The standard InChI is InChI=1S/C11H12BrNO4/c12-7-5-8(10-14-1-2-15-10)13-9(6-7)11-16-3-4-17-11/h5-6,10-11H,1-4H2. The van der Waals surface area contributed by atoms with E-state index in [0.29, 0.717) is 26.4 Å². The molecule has 0 aromatic carbocycles. The monoisotopic (exact) mass is 301 g/mol.